The molecule has 0 unspecified atom stereocenters. The average molecular weight is 647 g/mol. The van der Waals surface area contributed by atoms with E-state index in [0.717, 1.165) is 37.8 Å². The van der Waals surface area contributed by atoms with Gasteiger partial charge in [-0.3, -0.25) is 0 Å². The van der Waals surface area contributed by atoms with Crippen molar-refractivity contribution in [2.45, 2.75) is 29.8 Å². The van der Waals surface area contributed by atoms with Gasteiger partial charge in [0, 0.05) is 0 Å². The van der Waals surface area contributed by atoms with Gasteiger partial charge in [-0.15, -0.1) is 0 Å². The van der Waals surface area contributed by atoms with Gasteiger partial charge in [-0.25, -0.2) is 0 Å². The summed E-state index contributed by atoms with van der Waals surface area (Å²) in [6, 6.07) is 44.9. The normalized spacial score (nSPS) is 13.4. The number of amides is 1. The summed E-state index contributed by atoms with van der Waals surface area (Å²) >= 11 is -0.115. The van der Waals surface area contributed by atoms with Crippen LogP contribution in [0.5, 0.6) is 0 Å². The summed E-state index contributed by atoms with van der Waals surface area (Å²) in [4.78, 5) is 27.2. The first-order chi connectivity index (χ1) is 21.6. The summed E-state index contributed by atoms with van der Waals surface area (Å²) in [5.74, 6) is -0.577. The van der Waals surface area contributed by atoms with Crippen LogP contribution in [0.1, 0.15) is 41.2 Å². The molecule has 1 amide bonds. The molecule has 1 aliphatic rings. The summed E-state index contributed by atoms with van der Waals surface area (Å²) < 4.78 is 13.2. The van der Waals surface area contributed by atoms with Crippen molar-refractivity contribution in [2.24, 2.45) is 0 Å². The van der Waals surface area contributed by atoms with E-state index in [2.05, 4.69) is 29.6 Å². The molecule has 0 bridgehead atoms. The number of hydrogen-bond donors (Lipinski definition) is 1. The number of nitrogens with one attached hydrogen (secondary N) is 1. The van der Waals surface area contributed by atoms with Crippen LogP contribution in [0.25, 0.3) is 11.1 Å². The topological polar surface area (TPSA) is 64.6 Å². The fraction of sp³-hybridized carbons (Fsp3) is 0.158. The fourth-order valence-electron chi connectivity index (χ4n) is 5.69. The van der Waals surface area contributed by atoms with Crippen molar-refractivity contribution in [3.05, 3.63) is 162 Å². The molecule has 44 heavy (non-hydrogen) atoms. The van der Waals surface area contributed by atoms with E-state index in [1.807, 2.05) is 122 Å². The van der Waals surface area contributed by atoms with Crippen LogP contribution in [-0.2, 0) is 14.3 Å². The molecule has 5 aromatic carbocycles. The number of fused-ring (bicyclic) bond motifs is 3. The van der Waals surface area contributed by atoms with Crippen molar-refractivity contribution < 1.29 is 19.1 Å². The predicted molar refractivity (Wildman–Crippen MR) is 174 cm³/mol. The summed E-state index contributed by atoms with van der Waals surface area (Å²) in [5.41, 5.74) is 6.29. The molecule has 5 nitrogen and oxygen atoms in total. The number of alkyl carbamates (subject to hydrolysis) is 1. The van der Waals surface area contributed by atoms with Gasteiger partial charge in [0.15, 0.2) is 0 Å². The number of carbonyl (C=O) groups excluding carboxylic acids is 2. The minimum atomic E-state index is -0.902. The summed E-state index contributed by atoms with van der Waals surface area (Å²) in [6.45, 7) is 2.14. The first-order valence-electron chi connectivity index (χ1n) is 14.7. The second kappa shape index (κ2) is 13.8. The second-order valence-electron chi connectivity index (χ2n) is 10.7. The Morgan fingerprint density at radius 2 is 1.16 bits per heavy atom. The third-order valence-electron chi connectivity index (χ3n) is 7.84. The Kier molecular flexibility index (Phi) is 9.21. The van der Waals surface area contributed by atoms with Crippen molar-refractivity contribution in [2.75, 3.05) is 6.61 Å². The van der Waals surface area contributed by atoms with Gasteiger partial charge in [-0.1, -0.05) is 0 Å². The molecule has 220 valence electrons. The molecule has 0 heterocycles. The Balaban J connectivity index is 1.22. The van der Waals surface area contributed by atoms with Crippen LogP contribution in [0.4, 0.5) is 4.79 Å². The van der Waals surface area contributed by atoms with E-state index in [1.54, 1.807) is 0 Å². The van der Waals surface area contributed by atoms with Crippen molar-refractivity contribution in [1.29, 1.82) is 0 Å². The zero-order chi connectivity index (χ0) is 30.3. The molecule has 0 fully saturated rings. The summed E-state index contributed by atoms with van der Waals surface area (Å²) in [7, 11) is 0. The zero-order valence-corrected chi connectivity index (χ0v) is 26.0. The van der Waals surface area contributed by atoms with Gasteiger partial charge in [0.05, 0.1) is 0 Å². The van der Waals surface area contributed by atoms with Gasteiger partial charge in [0.25, 0.3) is 0 Å². The number of rotatable bonds is 10. The molecule has 1 aliphatic carbocycles. The first-order valence-corrected chi connectivity index (χ1v) is 16.6. The molecule has 0 aliphatic heterocycles. The van der Waals surface area contributed by atoms with E-state index in [1.165, 1.54) is 0 Å². The average Bonchev–Trinajstić information content (AvgIpc) is 3.39. The Morgan fingerprint density at radius 1 is 0.682 bits per heavy atom. The Hall–Kier alpha value is -4.64. The zero-order valence-electron chi connectivity index (χ0n) is 24.3. The molecule has 2 atom stereocenters. The Bertz CT molecular complexity index is 1630. The maximum absolute atomic E-state index is 14.0. The maximum atomic E-state index is 14.0. The van der Waals surface area contributed by atoms with E-state index in [0.29, 0.717) is 0 Å². The van der Waals surface area contributed by atoms with Crippen molar-refractivity contribution in [1.82, 2.24) is 5.32 Å². The van der Waals surface area contributed by atoms with Crippen LogP contribution < -0.4 is 9.78 Å². The van der Waals surface area contributed by atoms with Crippen molar-refractivity contribution in [3.8, 4) is 11.1 Å². The third-order valence-corrected chi connectivity index (χ3v) is 10.3. The van der Waals surface area contributed by atoms with Crippen LogP contribution in [-0.4, -0.2) is 39.7 Å². The summed E-state index contributed by atoms with van der Waals surface area (Å²) in [5, 5.41) is 2.90. The third kappa shape index (κ3) is 6.62. The molecule has 0 spiro atoms. The van der Waals surface area contributed by atoms with Crippen LogP contribution >= 0.6 is 0 Å². The van der Waals surface area contributed by atoms with Crippen LogP contribution in [0.2, 0.25) is 4.82 Å². The van der Waals surface area contributed by atoms with E-state index < -0.39 is 24.2 Å². The van der Waals surface area contributed by atoms with Crippen LogP contribution in [0, 0.1) is 0 Å². The van der Waals surface area contributed by atoms with Gasteiger partial charge in [-0.2, -0.15) is 0 Å². The monoisotopic (exact) mass is 647 g/mol. The van der Waals surface area contributed by atoms with Gasteiger partial charge >= 0.3 is 265 Å². The fourth-order valence-corrected chi connectivity index (χ4v) is 7.91. The Labute approximate surface area is 264 Å². The molecule has 0 saturated heterocycles. The first kappa shape index (κ1) is 29.4. The van der Waals surface area contributed by atoms with E-state index in [4.69, 9.17) is 9.47 Å². The van der Waals surface area contributed by atoms with Crippen molar-refractivity contribution in [3.63, 3.8) is 0 Å². The molecule has 0 saturated carbocycles. The number of hydrogen-bond acceptors (Lipinski definition) is 4. The number of ether oxygens (including phenoxy) is 2. The van der Waals surface area contributed by atoms with Gasteiger partial charge in [0.2, 0.25) is 0 Å². The number of benzene rings is 5. The summed E-state index contributed by atoms with van der Waals surface area (Å²) in [6.07, 6.45) is -1.26. The molecule has 6 rings (SSSR count). The van der Waals surface area contributed by atoms with Gasteiger partial charge in [0.1, 0.15) is 0 Å². The van der Waals surface area contributed by atoms with E-state index in [9.17, 15) is 9.59 Å². The SMILES string of the molecule is C[C@H]([Se]c1ccccc1)[C@H](NC(=O)OCC1c2ccccc2-c2ccccc21)C(=O)OC(c1ccccc1)c1ccccc1. The quantitative estimate of drug-likeness (QED) is 0.130. The second-order valence-corrected chi connectivity index (χ2v) is 13.8. The molecule has 1 N–H and O–H groups in total. The van der Waals surface area contributed by atoms with Crippen LogP contribution in [0.15, 0.2) is 140 Å². The minimum absolute atomic E-state index is 0.0787. The molecule has 6 heteroatoms. The van der Waals surface area contributed by atoms with E-state index in [-0.39, 0.29) is 32.3 Å². The van der Waals surface area contributed by atoms with Gasteiger partial charge < -0.3 is 0 Å². The van der Waals surface area contributed by atoms with Gasteiger partial charge in [-0.05, 0) is 0 Å². The predicted octanol–water partition coefficient (Wildman–Crippen LogP) is 7.06. The molecule has 5 aromatic rings. The van der Waals surface area contributed by atoms with Crippen LogP contribution in [0.3, 0.4) is 0 Å². The number of carbonyl (C=O) groups is 2. The number of esters is 1. The molecule has 0 radical (unpaired) electrons. The standard InChI is InChI=1S/C38H33NO4Se/c1-26(44-29-19-9-4-10-20-29)35(37(40)43-36(27-15-5-2-6-16-27)28-17-7-3-8-18-28)39-38(41)42-25-34-32-23-13-11-21-30(32)31-22-12-14-24-33(31)34/h2-24,26,34-36H,25H2,1H3,(H,39,41)/t26-,35-/m0/s1. The molecule has 0 aromatic heterocycles. The Morgan fingerprint density at radius 3 is 1.70 bits per heavy atom. The van der Waals surface area contributed by atoms with E-state index >= 15 is 0 Å². The molecular formula is C38H33NO4Se. The van der Waals surface area contributed by atoms with Crippen molar-refractivity contribution >= 4 is 31.5 Å². The molecular weight excluding hydrogens is 613 g/mol.